The van der Waals surface area contributed by atoms with Crippen LogP contribution in [-0.2, 0) is 6.54 Å². The molecule has 6 nitrogen and oxygen atoms in total. The summed E-state index contributed by atoms with van der Waals surface area (Å²) in [6, 6.07) is 7.55. The van der Waals surface area contributed by atoms with Gasteiger partial charge in [0.15, 0.2) is 0 Å². The molecule has 124 valence electrons. The summed E-state index contributed by atoms with van der Waals surface area (Å²) in [5, 5.41) is 17.0. The fourth-order valence-corrected chi connectivity index (χ4v) is 2.99. The Hall–Kier alpha value is -2.25. The second-order valence-electron chi connectivity index (χ2n) is 5.57. The minimum Gasteiger partial charge on any atom is -0.296 e. The van der Waals surface area contributed by atoms with Crippen molar-refractivity contribution in [3.8, 4) is 0 Å². The maximum absolute atomic E-state index is 12.3. The van der Waals surface area contributed by atoms with Crippen LogP contribution in [0.4, 0.5) is 5.13 Å². The Labute approximate surface area is 148 Å². The fraction of sp³-hybridized carbons (Fsp3) is 0.250. The molecule has 24 heavy (non-hydrogen) atoms. The quantitative estimate of drug-likeness (QED) is 0.749. The normalized spacial score (nSPS) is 11.0. The first-order chi connectivity index (χ1) is 11.5. The van der Waals surface area contributed by atoms with Crippen LogP contribution in [0, 0.1) is 0 Å². The fourth-order valence-electron chi connectivity index (χ4n) is 2.06. The van der Waals surface area contributed by atoms with Gasteiger partial charge in [-0.2, -0.15) is 5.10 Å². The number of hydrogen-bond acceptors (Lipinski definition) is 5. The summed E-state index contributed by atoms with van der Waals surface area (Å²) in [6.45, 7) is 4.57. The van der Waals surface area contributed by atoms with Gasteiger partial charge in [0.2, 0.25) is 5.13 Å². The molecule has 0 atom stereocenters. The molecule has 0 bridgehead atoms. The topological polar surface area (TPSA) is 72.7 Å². The summed E-state index contributed by atoms with van der Waals surface area (Å²) in [6.07, 6.45) is 3.21. The van der Waals surface area contributed by atoms with Gasteiger partial charge in [-0.3, -0.25) is 14.8 Å². The number of benzene rings is 1. The second kappa shape index (κ2) is 7.11. The van der Waals surface area contributed by atoms with E-state index in [9.17, 15) is 4.79 Å². The molecule has 0 aliphatic heterocycles. The van der Waals surface area contributed by atoms with Crippen LogP contribution in [0.1, 0.15) is 40.7 Å². The lowest BCUT2D eigenvalue weighted by atomic mass is 10.2. The minimum absolute atomic E-state index is 0.258. The molecule has 0 fully saturated rings. The van der Waals surface area contributed by atoms with Gasteiger partial charge in [-0.25, -0.2) is 0 Å². The van der Waals surface area contributed by atoms with Gasteiger partial charge in [-0.1, -0.05) is 55.0 Å². The van der Waals surface area contributed by atoms with Gasteiger partial charge in [0, 0.05) is 17.1 Å². The first-order valence-electron chi connectivity index (χ1n) is 7.43. The van der Waals surface area contributed by atoms with E-state index >= 15 is 0 Å². The van der Waals surface area contributed by atoms with Gasteiger partial charge in [-0.15, -0.1) is 10.2 Å². The van der Waals surface area contributed by atoms with Crippen molar-refractivity contribution in [1.29, 1.82) is 0 Å². The lowest BCUT2D eigenvalue weighted by molar-refractivity contribution is 0.102. The number of amides is 1. The van der Waals surface area contributed by atoms with E-state index in [1.807, 2.05) is 38.1 Å². The van der Waals surface area contributed by atoms with Crippen LogP contribution in [0.5, 0.6) is 0 Å². The highest BCUT2D eigenvalue weighted by atomic mass is 35.5. The van der Waals surface area contributed by atoms with Crippen molar-refractivity contribution < 1.29 is 4.79 Å². The van der Waals surface area contributed by atoms with Crippen molar-refractivity contribution in [2.75, 3.05) is 5.32 Å². The SMILES string of the molecule is CC(C)c1nnc(NC(=O)c2cnn(Cc3ccccc3Cl)c2)s1. The number of aromatic nitrogens is 4. The summed E-state index contributed by atoms with van der Waals surface area (Å²) in [4.78, 5) is 12.3. The third-order valence-corrected chi connectivity index (χ3v) is 4.85. The highest BCUT2D eigenvalue weighted by molar-refractivity contribution is 7.15. The van der Waals surface area contributed by atoms with Gasteiger partial charge >= 0.3 is 0 Å². The van der Waals surface area contributed by atoms with Gasteiger partial charge in [-0.05, 0) is 11.6 Å². The van der Waals surface area contributed by atoms with Crippen molar-refractivity contribution in [1.82, 2.24) is 20.0 Å². The smallest absolute Gasteiger partial charge is 0.260 e. The zero-order valence-corrected chi connectivity index (χ0v) is 14.8. The van der Waals surface area contributed by atoms with Crippen molar-refractivity contribution in [3.05, 3.63) is 57.8 Å². The van der Waals surface area contributed by atoms with Gasteiger partial charge < -0.3 is 0 Å². The number of halogens is 1. The molecule has 0 unspecified atom stereocenters. The molecule has 2 aromatic heterocycles. The average Bonchev–Trinajstić information content (AvgIpc) is 3.19. The highest BCUT2D eigenvalue weighted by Gasteiger charge is 2.13. The molecule has 8 heteroatoms. The first kappa shape index (κ1) is 16.6. The molecule has 1 aromatic carbocycles. The highest BCUT2D eigenvalue weighted by Crippen LogP contribution is 2.23. The van der Waals surface area contributed by atoms with Crippen LogP contribution < -0.4 is 5.32 Å². The Morgan fingerprint density at radius 1 is 1.33 bits per heavy atom. The third kappa shape index (κ3) is 3.80. The third-order valence-electron chi connectivity index (χ3n) is 3.34. The van der Waals surface area contributed by atoms with Crippen molar-refractivity contribution >= 4 is 34.0 Å². The Morgan fingerprint density at radius 2 is 2.12 bits per heavy atom. The second-order valence-corrected chi connectivity index (χ2v) is 6.99. The Balaban J connectivity index is 1.68. The maximum Gasteiger partial charge on any atom is 0.260 e. The monoisotopic (exact) mass is 361 g/mol. The van der Waals surface area contributed by atoms with Crippen LogP contribution in [0.15, 0.2) is 36.7 Å². The largest absolute Gasteiger partial charge is 0.296 e. The van der Waals surface area contributed by atoms with Crippen molar-refractivity contribution in [2.24, 2.45) is 0 Å². The predicted octanol–water partition coefficient (Wildman–Crippen LogP) is 3.81. The molecule has 3 rings (SSSR count). The molecular weight excluding hydrogens is 346 g/mol. The number of hydrogen-bond donors (Lipinski definition) is 1. The van der Waals surface area contributed by atoms with E-state index < -0.39 is 0 Å². The number of nitrogens with one attached hydrogen (secondary N) is 1. The summed E-state index contributed by atoms with van der Waals surface area (Å²) in [5.74, 6) is 0.0263. The number of carbonyl (C=O) groups is 1. The van der Waals surface area contributed by atoms with Crippen LogP contribution in [0.25, 0.3) is 0 Å². The van der Waals surface area contributed by atoms with Crippen LogP contribution in [-0.4, -0.2) is 25.9 Å². The van der Waals surface area contributed by atoms with E-state index in [1.165, 1.54) is 17.5 Å². The zero-order chi connectivity index (χ0) is 17.1. The molecule has 0 aliphatic carbocycles. The number of nitrogens with zero attached hydrogens (tertiary/aromatic N) is 4. The van der Waals surface area contributed by atoms with Gasteiger partial charge in [0.25, 0.3) is 5.91 Å². The summed E-state index contributed by atoms with van der Waals surface area (Å²) in [7, 11) is 0. The molecule has 0 saturated carbocycles. The first-order valence-corrected chi connectivity index (χ1v) is 8.63. The standard InChI is InChI=1S/C16H16ClN5OS/c1-10(2)15-20-21-16(24-15)19-14(23)12-7-18-22(9-12)8-11-5-3-4-6-13(11)17/h3-7,9-10H,8H2,1-2H3,(H,19,21,23). The Kier molecular flexibility index (Phi) is 4.92. The zero-order valence-electron chi connectivity index (χ0n) is 13.2. The van der Waals surface area contributed by atoms with Crippen molar-refractivity contribution in [3.63, 3.8) is 0 Å². The van der Waals surface area contributed by atoms with E-state index in [-0.39, 0.29) is 11.8 Å². The molecule has 0 saturated heterocycles. The molecule has 1 amide bonds. The Morgan fingerprint density at radius 3 is 2.83 bits per heavy atom. The van der Waals surface area contributed by atoms with Crippen LogP contribution >= 0.6 is 22.9 Å². The van der Waals surface area contributed by atoms with E-state index in [0.717, 1.165) is 10.6 Å². The molecule has 0 radical (unpaired) electrons. The molecular formula is C16H16ClN5OS. The molecule has 0 spiro atoms. The van der Waals surface area contributed by atoms with Crippen LogP contribution in [0.3, 0.4) is 0 Å². The van der Waals surface area contributed by atoms with E-state index in [4.69, 9.17) is 11.6 Å². The number of anilines is 1. The average molecular weight is 362 g/mol. The van der Waals surface area contributed by atoms with E-state index in [2.05, 4.69) is 20.6 Å². The van der Waals surface area contributed by atoms with Gasteiger partial charge in [0.05, 0.1) is 18.3 Å². The predicted molar refractivity (Wildman–Crippen MR) is 94.7 cm³/mol. The molecule has 0 aliphatic rings. The molecule has 3 aromatic rings. The van der Waals surface area contributed by atoms with E-state index in [0.29, 0.717) is 22.3 Å². The van der Waals surface area contributed by atoms with Gasteiger partial charge in [0.1, 0.15) is 5.01 Å². The number of carbonyl (C=O) groups excluding carboxylic acids is 1. The van der Waals surface area contributed by atoms with Crippen molar-refractivity contribution in [2.45, 2.75) is 26.3 Å². The maximum atomic E-state index is 12.3. The summed E-state index contributed by atoms with van der Waals surface area (Å²) < 4.78 is 1.68. The summed E-state index contributed by atoms with van der Waals surface area (Å²) >= 11 is 7.52. The Bertz CT molecular complexity index is 858. The van der Waals surface area contributed by atoms with Crippen LogP contribution in [0.2, 0.25) is 5.02 Å². The molecule has 2 heterocycles. The van der Waals surface area contributed by atoms with E-state index in [1.54, 1.807) is 10.9 Å². The lowest BCUT2D eigenvalue weighted by Crippen LogP contribution is -2.11. The molecule has 1 N–H and O–H groups in total. The summed E-state index contributed by atoms with van der Waals surface area (Å²) in [5.41, 5.74) is 1.41. The lowest BCUT2D eigenvalue weighted by Gasteiger charge is -2.03. The minimum atomic E-state index is -0.258. The number of rotatable bonds is 5.